The van der Waals surface area contributed by atoms with Gasteiger partial charge in [0.1, 0.15) is 18.5 Å². The van der Waals surface area contributed by atoms with E-state index in [1.54, 1.807) is 46.9 Å². The van der Waals surface area contributed by atoms with E-state index in [0.717, 1.165) is 25.0 Å². The van der Waals surface area contributed by atoms with E-state index in [-0.39, 0.29) is 12.0 Å². The van der Waals surface area contributed by atoms with E-state index >= 15 is 0 Å². The van der Waals surface area contributed by atoms with Crippen LogP contribution in [0.25, 0.3) is 5.82 Å². The van der Waals surface area contributed by atoms with E-state index in [9.17, 15) is 4.79 Å². The van der Waals surface area contributed by atoms with Crippen molar-refractivity contribution in [1.29, 1.82) is 0 Å². The topological polar surface area (TPSA) is 73.1 Å². The zero-order chi connectivity index (χ0) is 17.8. The first-order valence-corrected chi connectivity index (χ1v) is 9.47. The molecular weight excluding hydrogens is 350 g/mol. The lowest BCUT2D eigenvalue weighted by Gasteiger charge is -2.25. The maximum atomic E-state index is 13.1. The minimum Gasteiger partial charge on any atom is -0.376 e. The Labute approximate surface area is 155 Å². The highest BCUT2D eigenvalue weighted by molar-refractivity contribution is 7.07. The number of nitrogens with zero attached hydrogens (tertiary/aromatic N) is 5. The molecule has 4 rings (SSSR count). The lowest BCUT2D eigenvalue weighted by atomic mass is 10.1. The normalized spacial score (nSPS) is 16.7. The molecule has 7 nitrogen and oxygen atoms in total. The summed E-state index contributed by atoms with van der Waals surface area (Å²) in [4.78, 5) is 19.3. The van der Waals surface area contributed by atoms with E-state index in [2.05, 4.69) is 20.6 Å². The SMILES string of the molecule is O=C(c1ccc(-n2cnnc2)nc1)N(Cc1ccsc1)C[C@H]1CCCO1. The standard InChI is InChI=1S/C18H19N5O2S/c24-18(15-3-4-17(19-8-15)23-12-20-21-13-23)22(9-14-5-7-26-11-14)10-16-2-1-6-25-16/h3-5,7-8,11-13,16H,1-2,6,9-10H2/t16-/m1/s1. The summed E-state index contributed by atoms with van der Waals surface area (Å²) in [5.74, 6) is 0.643. The van der Waals surface area contributed by atoms with Gasteiger partial charge >= 0.3 is 0 Å². The molecule has 0 bridgehead atoms. The van der Waals surface area contributed by atoms with Gasteiger partial charge in [0.2, 0.25) is 0 Å². The van der Waals surface area contributed by atoms with Gasteiger partial charge in [0.05, 0.1) is 11.7 Å². The van der Waals surface area contributed by atoms with Gasteiger partial charge in [-0.15, -0.1) is 10.2 Å². The molecule has 1 fully saturated rings. The quantitative estimate of drug-likeness (QED) is 0.668. The molecule has 0 N–H and O–H groups in total. The number of aromatic nitrogens is 4. The summed E-state index contributed by atoms with van der Waals surface area (Å²) in [6, 6.07) is 5.64. The van der Waals surface area contributed by atoms with Crippen molar-refractivity contribution < 1.29 is 9.53 Å². The van der Waals surface area contributed by atoms with Crippen molar-refractivity contribution in [1.82, 2.24) is 24.6 Å². The number of pyridine rings is 1. The summed E-state index contributed by atoms with van der Waals surface area (Å²) >= 11 is 1.64. The Morgan fingerprint density at radius 2 is 2.19 bits per heavy atom. The van der Waals surface area contributed by atoms with Crippen molar-refractivity contribution >= 4 is 17.2 Å². The highest BCUT2D eigenvalue weighted by Gasteiger charge is 2.24. The van der Waals surface area contributed by atoms with E-state index in [1.807, 2.05) is 16.3 Å². The molecule has 3 aromatic rings. The van der Waals surface area contributed by atoms with Crippen LogP contribution in [0, 0.1) is 0 Å². The Morgan fingerprint density at radius 3 is 2.85 bits per heavy atom. The van der Waals surface area contributed by atoms with E-state index in [4.69, 9.17) is 4.74 Å². The van der Waals surface area contributed by atoms with Crippen LogP contribution < -0.4 is 0 Å². The summed E-state index contributed by atoms with van der Waals surface area (Å²) in [7, 11) is 0. The van der Waals surface area contributed by atoms with E-state index < -0.39 is 0 Å². The van der Waals surface area contributed by atoms with Crippen LogP contribution in [0.1, 0.15) is 28.8 Å². The maximum Gasteiger partial charge on any atom is 0.255 e. The summed E-state index contributed by atoms with van der Waals surface area (Å²) in [6.07, 6.45) is 6.92. The number of amides is 1. The molecule has 0 spiro atoms. The number of hydrogen-bond acceptors (Lipinski definition) is 6. The fraction of sp³-hybridized carbons (Fsp3) is 0.333. The Balaban J connectivity index is 1.52. The molecule has 0 aliphatic carbocycles. The van der Waals surface area contributed by atoms with Gasteiger partial charge in [0, 0.05) is 25.9 Å². The third-order valence-corrected chi connectivity index (χ3v) is 5.10. The minimum absolute atomic E-state index is 0.0329. The second-order valence-corrected chi connectivity index (χ2v) is 7.01. The number of carbonyl (C=O) groups excluding carboxylic acids is 1. The molecule has 26 heavy (non-hydrogen) atoms. The third kappa shape index (κ3) is 3.81. The molecule has 1 aliphatic rings. The smallest absolute Gasteiger partial charge is 0.255 e. The van der Waals surface area contributed by atoms with Crippen LogP contribution in [0.3, 0.4) is 0 Å². The minimum atomic E-state index is -0.0329. The van der Waals surface area contributed by atoms with Gasteiger partial charge in [-0.2, -0.15) is 11.3 Å². The Kier molecular flexibility index (Phi) is 5.03. The van der Waals surface area contributed by atoms with Crippen LogP contribution in [0.5, 0.6) is 0 Å². The second-order valence-electron chi connectivity index (χ2n) is 6.23. The Bertz CT molecular complexity index is 827. The molecule has 3 aromatic heterocycles. The predicted molar refractivity (Wildman–Crippen MR) is 97.2 cm³/mol. The van der Waals surface area contributed by atoms with Gasteiger partial charge in [-0.3, -0.25) is 9.36 Å². The zero-order valence-electron chi connectivity index (χ0n) is 14.2. The average Bonchev–Trinajstić information content (AvgIpc) is 3.43. The summed E-state index contributed by atoms with van der Waals surface area (Å²) in [5, 5.41) is 11.6. The fourth-order valence-corrected chi connectivity index (χ4v) is 3.68. The number of thiophene rings is 1. The molecule has 134 valence electrons. The highest BCUT2D eigenvalue weighted by atomic mass is 32.1. The molecule has 1 aliphatic heterocycles. The highest BCUT2D eigenvalue weighted by Crippen LogP contribution is 2.18. The molecule has 4 heterocycles. The predicted octanol–water partition coefficient (Wildman–Crippen LogP) is 2.55. The van der Waals surface area contributed by atoms with Crippen molar-refractivity contribution in [3.8, 4) is 5.82 Å². The fourth-order valence-electron chi connectivity index (χ4n) is 3.02. The molecule has 8 heteroatoms. The Hall–Kier alpha value is -2.58. The number of rotatable bonds is 6. The van der Waals surface area contributed by atoms with Gasteiger partial charge in [0.15, 0.2) is 0 Å². The van der Waals surface area contributed by atoms with Crippen molar-refractivity contribution in [2.24, 2.45) is 0 Å². The molecule has 0 saturated carbocycles. The number of ether oxygens (including phenoxy) is 1. The monoisotopic (exact) mass is 369 g/mol. The first-order valence-electron chi connectivity index (χ1n) is 8.52. The first kappa shape index (κ1) is 16.9. The van der Waals surface area contributed by atoms with Crippen LogP contribution in [0.15, 0.2) is 47.8 Å². The van der Waals surface area contributed by atoms with E-state index in [0.29, 0.717) is 24.5 Å². The lowest BCUT2D eigenvalue weighted by Crippen LogP contribution is -2.36. The van der Waals surface area contributed by atoms with Crippen LogP contribution in [0.2, 0.25) is 0 Å². The molecule has 0 radical (unpaired) electrons. The summed E-state index contributed by atoms with van der Waals surface area (Å²) in [6.45, 7) is 1.96. The van der Waals surface area contributed by atoms with Crippen molar-refractivity contribution in [3.63, 3.8) is 0 Å². The summed E-state index contributed by atoms with van der Waals surface area (Å²) in [5.41, 5.74) is 1.70. The second kappa shape index (κ2) is 7.76. The molecule has 1 atom stereocenters. The van der Waals surface area contributed by atoms with Crippen LogP contribution >= 0.6 is 11.3 Å². The van der Waals surface area contributed by atoms with Crippen molar-refractivity contribution in [2.75, 3.05) is 13.2 Å². The largest absolute Gasteiger partial charge is 0.376 e. The van der Waals surface area contributed by atoms with Gasteiger partial charge < -0.3 is 9.64 Å². The van der Waals surface area contributed by atoms with Crippen LogP contribution in [-0.4, -0.2) is 49.8 Å². The van der Waals surface area contributed by atoms with Crippen molar-refractivity contribution in [3.05, 3.63) is 58.9 Å². The molecule has 1 amide bonds. The lowest BCUT2D eigenvalue weighted by molar-refractivity contribution is 0.0507. The van der Waals surface area contributed by atoms with Gasteiger partial charge in [-0.1, -0.05) is 0 Å². The van der Waals surface area contributed by atoms with Crippen LogP contribution in [0.4, 0.5) is 0 Å². The molecule has 1 saturated heterocycles. The molecule has 0 unspecified atom stereocenters. The summed E-state index contributed by atoms with van der Waals surface area (Å²) < 4.78 is 7.43. The third-order valence-electron chi connectivity index (χ3n) is 4.37. The molecule has 0 aromatic carbocycles. The van der Waals surface area contributed by atoms with Crippen molar-refractivity contribution in [2.45, 2.75) is 25.5 Å². The number of carbonyl (C=O) groups is 1. The number of hydrogen-bond donors (Lipinski definition) is 0. The van der Waals surface area contributed by atoms with E-state index in [1.165, 1.54) is 0 Å². The molecular formula is C18H19N5O2S. The van der Waals surface area contributed by atoms with Crippen LogP contribution in [-0.2, 0) is 11.3 Å². The first-order chi connectivity index (χ1) is 12.8. The average molecular weight is 369 g/mol. The maximum absolute atomic E-state index is 13.1. The van der Waals surface area contributed by atoms with Gasteiger partial charge in [0.25, 0.3) is 5.91 Å². The van der Waals surface area contributed by atoms with Gasteiger partial charge in [-0.05, 0) is 47.4 Å². The zero-order valence-corrected chi connectivity index (χ0v) is 15.0. The van der Waals surface area contributed by atoms with Gasteiger partial charge in [-0.25, -0.2) is 4.98 Å². The Morgan fingerprint density at radius 1 is 1.31 bits per heavy atom.